The lowest BCUT2D eigenvalue weighted by Gasteiger charge is -2.05. The first kappa shape index (κ1) is 8.01. The summed E-state index contributed by atoms with van der Waals surface area (Å²) in [5.74, 6) is 0.590. The van der Waals surface area contributed by atoms with Crippen molar-refractivity contribution in [2.45, 2.75) is 0 Å². The molecule has 3 heteroatoms. The van der Waals surface area contributed by atoms with E-state index in [1.807, 2.05) is 12.1 Å². The third-order valence-corrected chi connectivity index (χ3v) is 1.24. The monoisotopic (exact) mass is 167 g/mol. The SMILES string of the molecule is C=C(S)Oc1ccccc1N. The zero-order valence-corrected chi connectivity index (χ0v) is 6.84. The molecule has 0 fully saturated rings. The molecule has 0 aliphatic carbocycles. The Balaban J connectivity index is 2.86. The minimum Gasteiger partial charge on any atom is -0.449 e. The number of thiol groups is 1. The fourth-order valence-corrected chi connectivity index (χ4v) is 0.799. The maximum Gasteiger partial charge on any atom is 0.151 e. The largest absolute Gasteiger partial charge is 0.449 e. The molecule has 1 rings (SSSR count). The van der Waals surface area contributed by atoms with Gasteiger partial charge in [-0.3, -0.25) is 0 Å². The number of nitrogen functional groups attached to an aromatic ring is 1. The third kappa shape index (κ3) is 2.20. The summed E-state index contributed by atoms with van der Waals surface area (Å²) < 4.78 is 5.09. The summed E-state index contributed by atoms with van der Waals surface area (Å²) in [4.78, 5) is 0. The topological polar surface area (TPSA) is 35.2 Å². The van der Waals surface area contributed by atoms with Crippen molar-refractivity contribution in [3.05, 3.63) is 35.9 Å². The molecule has 0 amide bonds. The second-order valence-corrected chi connectivity index (χ2v) is 2.53. The molecule has 0 unspecified atom stereocenters. The molecule has 2 nitrogen and oxygen atoms in total. The predicted octanol–water partition coefficient (Wildman–Crippen LogP) is 2.05. The maximum absolute atomic E-state index is 5.57. The fraction of sp³-hybridized carbons (Fsp3) is 0. The highest BCUT2D eigenvalue weighted by Gasteiger charge is 1.97. The van der Waals surface area contributed by atoms with E-state index in [4.69, 9.17) is 10.5 Å². The number of ether oxygens (including phenoxy) is 1. The van der Waals surface area contributed by atoms with Gasteiger partial charge in [0.25, 0.3) is 0 Å². The summed E-state index contributed by atoms with van der Waals surface area (Å²) in [5.41, 5.74) is 6.15. The summed E-state index contributed by atoms with van der Waals surface area (Å²) in [6, 6.07) is 7.19. The molecule has 1 aromatic carbocycles. The van der Waals surface area contributed by atoms with E-state index in [0.717, 1.165) is 0 Å². The van der Waals surface area contributed by atoms with Crippen molar-refractivity contribution >= 4 is 18.3 Å². The molecule has 0 saturated heterocycles. The summed E-state index contributed by atoms with van der Waals surface area (Å²) >= 11 is 3.88. The highest BCUT2D eigenvalue weighted by molar-refractivity contribution is 7.84. The van der Waals surface area contributed by atoms with Gasteiger partial charge in [0.15, 0.2) is 10.8 Å². The molecule has 0 spiro atoms. The normalized spacial score (nSPS) is 9.18. The molecule has 0 aromatic heterocycles. The van der Waals surface area contributed by atoms with E-state index in [2.05, 4.69) is 19.2 Å². The Labute approximate surface area is 71.1 Å². The Hall–Kier alpha value is -1.09. The second-order valence-electron chi connectivity index (χ2n) is 2.03. The Morgan fingerprint density at radius 1 is 1.45 bits per heavy atom. The summed E-state index contributed by atoms with van der Waals surface area (Å²) in [6.45, 7) is 3.48. The Bertz CT molecular complexity index is 273. The first-order valence-electron chi connectivity index (χ1n) is 3.10. The molecule has 11 heavy (non-hydrogen) atoms. The number of hydrogen-bond acceptors (Lipinski definition) is 3. The number of nitrogens with two attached hydrogens (primary N) is 1. The quantitative estimate of drug-likeness (QED) is 0.401. The van der Waals surface area contributed by atoms with Gasteiger partial charge in [-0.15, -0.1) is 12.6 Å². The van der Waals surface area contributed by atoms with Gasteiger partial charge in [0, 0.05) is 0 Å². The summed E-state index contributed by atoms with van der Waals surface area (Å²) in [5, 5.41) is 0.336. The van der Waals surface area contributed by atoms with Gasteiger partial charge in [0.2, 0.25) is 0 Å². The molecular formula is C8H9NOS. The molecule has 0 radical (unpaired) electrons. The van der Waals surface area contributed by atoms with Crippen LogP contribution in [0.1, 0.15) is 0 Å². The predicted molar refractivity (Wildman–Crippen MR) is 49.6 cm³/mol. The molecule has 1 aromatic rings. The Kier molecular flexibility index (Phi) is 2.44. The van der Waals surface area contributed by atoms with Crippen LogP contribution in [0.25, 0.3) is 0 Å². The molecule has 0 atom stereocenters. The number of anilines is 1. The van der Waals surface area contributed by atoms with Crippen molar-refractivity contribution in [3.8, 4) is 5.75 Å². The van der Waals surface area contributed by atoms with E-state index in [0.29, 0.717) is 16.5 Å². The molecule has 0 saturated carbocycles. The van der Waals surface area contributed by atoms with Crippen molar-refractivity contribution in [1.29, 1.82) is 0 Å². The van der Waals surface area contributed by atoms with Crippen LogP contribution in [-0.4, -0.2) is 0 Å². The minimum absolute atomic E-state index is 0.336. The summed E-state index contributed by atoms with van der Waals surface area (Å²) in [7, 11) is 0. The molecular weight excluding hydrogens is 158 g/mol. The van der Waals surface area contributed by atoms with Crippen molar-refractivity contribution in [2.75, 3.05) is 5.73 Å². The van der Waals surface area contributed by atoms with Gasteiger partial charge in [-0.1, -0.05) is 12.1 Å². The van der Waals surface area contributed by atoms with Crippen LogP contribution in [0.15, 0.2) is 35.9 Å². The van der Waals surface area contributed by atoms with Gasteiger partial charge < -0.3 is 10.5 Å². The van der Waals surface area contributed by atoms with Gasteiger partial charge in [0.05, 0.1) is 5.69 Å². The number of para-hydroxylation sites is 2. The number of benzene rings is 1. The van der Waals surface area contributed by atoms with Crippen LogP contribution in [0.4, 0.5) is 5.69 Å². The molecule has 0 aliphatic rings. The molecule has 2 N–H and O–H groups in total. The molecule has 0 aliphatic heterocycles. The molecule has 58 valence electrons. The van der Waals surface area contributed by atoms with E-state index in [1.54, 1.807) is 12.1 Å². The maximum atomic E-state index is 5.57. The van der Waals surface area contributed by atoms with Crippen LogP contribution in [0.5, 0.6) is 5.75 Å². The lowest BCUT2D eigenvalue weighted by atomic mass is 10.3. The van der Waals surface area contributed by atoms with Crippen LogP contribution in [0.3, 0.4) is 0 Å². The van der Waals surface area contributed by atoms with Crippen LogP contribution >= 0.6 is 12.6 Å². The average Bonchev–Trinajstić information content (AvgIpc) is 1.93. The Morgan fingerprint density at radius 3 is 2.64 bits per heavy atom. The zero-order chi connectivity index (χ0) is 8.27. The number of rotatable bonds is 2. The standard InChI is InChI=1S/C8H9NOS/c1-6(11)10-8-5-3-2-4-7(8)9/h2-5,11H,1,9H2. The first-order valence-corrected chi connectivity index (χ1v) is 3.55. The van der Waals surface area contributed by atoms with E-state index in [1.165, 1.54) is 0 Å². The van der Waals surface area contributed by atoms with E-state index in [9.17, 15) is 0 Å². The van der Waals surface area contributed by atoms with Crippen molar-refractivity contribution < 1.29 is 4.74 Å². The minimum atomic E-state index is 0.336. The summed E-state index contributed by atoms with van der Waals surface area (Å²) in [6.07, 6.45) is 0. The lowest BCUT2D eigenvalue weighted by molar-refractivity contribution is 0.472. The molecule has 0 heterocycles. The van der Waals surface area contributed by atoms with Crippen molar-refractivity contribution in [2.24, 2.45) is 0 Å². The highest BCUT2D eigenvalue weighted by Crippen LogP contribution is 2.22. The number of hydrogen-bond donors (Lipinski definition) is 2. The second kappa shape index (κ2) is 3.34. The first-order chi connectivity index (χ1) is 5.20. The van der Waals surface area contributed by atoms with Gasteiger partial charge in [0.1, 0.15) is 0 Å². The van der Waals surface area contributed by atoms with E-state index in [-0.39, 0.29) is 0 Å². The Morgan fingerprint density at radius 2 is 2.09 bits per heavy atom. The highest BCUT2D eigenvalue weighted by atomic mass is 32.1. The van der Waals surface area contributed by atoms with E-state index < -0.39 is 0 Å². The molecule has 0 bridgehead atoms. The smallest absolute Gasteiger partial charge is 0.151 e. The van der Waals surface area contributed by atoms with Crippen LogP contribution in [-0.2, 0) is 0 Å². The fourth-order valence-electron chi connectivity index (χ4n) is 0.700. The van der Waals surface area contributed by atoms with Gasteiger partial charge in [-0.2, -0.15) is 0 Å². The van der Waals surface area contributed by atoms with Crippen LogP contribution in [0.2, 0.25) is 0 Å². The van der Waals surface area contributed by atoms with Crippen LogP contribution < -0.4 is 10.5 Å². The van der Waals surface area contributed by atoms with Gasteiger partial charge >= 0.3 is 0 Å². The van der Waals surface area contributed by atoms with Crippen molar-refractivity contribution in [3.63, 3.8) is 0 Å². The van der Waals surface area contributed by atoms with Crippen molar-refractivity contribution in [1.82, 2.24) is 0 Å². The lowest BCUT2D eigenvalue weighted by Crippen LogP contribution is -1.92. The van der Waals surface area contributed by atoms with Gasteiger partial charge in [-0.25, -0.2) is 0 Å². The van der Waals surface area contributed by atoms with Gasteiger partial charge in [-0.05, 0) is 18.7 Å². The third-order valence-electron chi connectivity index (χ3n) is 1.15. The van der Waals surface area contributed by atoms with E-state index >= 15 is 0 Å². The van der Waals surface area contributed by atoms with Crippen LogP contribution in [0, 0.1) is 0 Å². The average molecular weight is 167 g/mol. The zero-order valence-electron chi connectivity index (χ0n) is 5.95.